The zero-order chi connectivity index (χ0) is 12.6. The maximum absolute atomic E-state index is 11.1. The molecule has 90 valence electrons. The topological polar surface area (TPSA) is 115 Å². The van der Waals surface area contributed by atoms with Crippen LogP contribution in [0.1, 0.15) is 19.7 Å². The lowest BCUT2D eigenvalue weighted by Crippen LogP contribution is -2.38. The van der Waals surface area contributed by atoms with Gasteiger partial charge in [-0.1, -0.05) is 0 Å². The largest absolute Gasteiger partial charge is 0.479 e. The fourth-order valence-corrected chi connectivity index (χ4v) is 1.70. The summed E-state index contributed by atoms with van der Waals surface area (Å²) in [6, 6.07) is 0. The van der Waals surface area contributed by atoms with Gasteiger partial charge in [-0.15, -0.1) is 5.10 Å². The number of aromatic nitrogens is 4. The number of hydrogen-bond donors (Lipinski definition) is 1. The normalized spacial score (nSPS) is 12.7. The minimum Gasteiger partial charge on any atom is -0.479 e. The molecular weight excluding hydrogens is 236 g/mol. The second-order valence-corrected chi connectivity index (χ2v) is 6.08. The lowest BCUT2D eigenvalue weighted by molar-refractivity contribution is -0.146. The van der Waals surface area contributed by atoms with Gasteiger partial charge in [-0.2, -0.15) is 0 Å². The molecule has 0 saturated heterocycles. The minimum absolute atomic E-state index is 0.00917. The Morgan fingerprint density at radius 2 is 2.06 bits per heavy atom. The smallest absolute Gasteiger partial charge is 0.331 e. The number of nitrogens with zero attached hydrogens (tertiary/aromatic N) is 4. The highest BCUT2D eigenvalue weighted by Crippen LogP contribution is 2.16. The van der Waals surface area contributed by atoms with Crippen molar-refractivity contribution in [2.24, 2.45) is 0 Å². The maximum atomic E-state index is 11.1. The van der Waals surface area contributed by atoms with Crippen molar-refractivity contribution in [3.8, 4) is 0 Å². The van der Waals surface area contributed by atoms with E-state index in [1.807, 2.05) is 0 Å². The molecule has 0 fully saturated rings. The Kier molecular flexibility index (Phi) is 2.99. The van der Waals surface area contributed by atoms with Gasteiger partial charge >= 0.3 is 5.97 Å². The lowest BCUT2D eigenvalue weighted by Gasteiger charge is -2.19. The summed E-state index contributed by atoms with van der Waals surface area (Å²) in [5.41, 5.74) is -1.39. The van der Waals surface area contributed by atoms with Crippen molar-refractivity contribution in [1.82, 2.24) is 20.2 Å². The van der Waals surface area contributed by atoms with Crippen molar-refractivity contribution >= 4 is 15.8 Å². The molecule has 8 nitrogen and oxygen atoms in total. The number of hydrogen-bond acceptors (Lipinski definition) is 6. The zero-order valence-electron chi connectivity index (χ0n) is 9.08. The quantitative estimate of drug-likeness (QED) is 0.729. The molecule has 1 heterocycles. The number of carboxylic acids is 1. The molecule has 1 N–H and O–H groups in total. The highest BCUT2D eigenvalue weighted by Gasteiger charge is 2.34. The molecule has 0 unspecified atom stereocenters. The first-order chi connectivity index (χ1) is 7.14. The summed E-state index contributed by atoms with van der Waals surface area (Å²) >= 11 is 0. The van der Waals surface area contributed by atoms with Crippen LogP contribution in [0.25, 0.3) is 0 Å². The molecule has 9 heteroatoms. The van der Waals surface area contributed by atoms with Gasteiger partial charge in [0.1, 0.15) is 5.75 Å². The van der Waals surface area contributed by atoms with Crippen LogP contribution in [0.5, 0.6) is 0 Å². The summed E-state index contributed by atoms with van der Waals surface area (Å²) in [5, 5.41) is 19.3. The molecular formula is C7H12N4O4S. The van der Waals surface area contributed by atoms with E-state index < -0.39 is 27.1 Å². The number of tetrazole rings is 1. The van der Waals surface area contributed by atoms with Crippen LogP contribution >= 0.6 is 0 Å². The van der Waals surface area contributed by atoms with Gasteiger partial charge in [0, 0.05) is 6.26 Å². The average Bonchev–Trinajstić information content (AvgIpc) is 2.49. The molecule has 0 spiro atoms. The fourth-order valence-electron chi connectivity index (χ4n) is 1.06. The van der Waals surface area contributed by atoms with E-state index in [2.05, 4.69) is 15.5 Å². The second kappa shape index (κ2) is 3.81. The highest BCUT2D eigenvalue weighted by atomic mass is 32.2. The molecule has 0 radical (unpaired) electrons. The summed E-state index contributed by atoms with van der Waals surface area (Å²) in [5.74, 6) is -1.53. The molecule has 0 aliphatic heterocycles. The molecule has 16 heavy (non-hydrogen) atoms. The first-order valence-electron chi connectivity index (χ1n) is 4.33. The van der Waals surface area contributed by atoms with E-state index in [0.717, 1.165) is 10.9 Å². The van der Waals surface area contributed by atoms with E-state index >= 15 is 0 Å². The van der Waals surface area contributed by atoms with Crippen LogP contribution in [0.4, 0.5) is 0 Å². The van der Waals surface area contributed by atoms with Crippen LogP contribution in [-0.4, -0.2) is 46.0 Å². The first-order valence-corrected chi connectivity index (χ1v) is 6.39. The average molecular weight is 248 g/mol. The van der Waals surface area contributed by atoms with E-state index in [9.17, 15) is 13.2 Å². The third-order valence-corrected chi connectivity index (χ3v) is 2.76. The van der Waals surface area contributed by atoms with Crippen LogP contribution < -0.4 is 0 Å². The van der Waals surface area contributed by atoms with Gasteiger partial charge in [0.25, 0.3) is 0 Å². The third-order valence-electron chi connectivity index (χ3n) is 1.98. The number of carbonyl (C=O) groups is 1. The van der Waals surface area contributed by atoms with Crippen molar-refractivity contribution < 1.29 is 18.3 Å². The minimum atomic E-state index is -3.31. The number of rotatable bonds is 4. The predicted octanol–water partition coefficient (Wildman–Crippen LogP) is -0.963. The molecule has 0 amide bonds. The molecule has 0 aliphatic rings. The molecule has 1 aromatic heterocycles. The Morgan fingerprint density at radius 3 is 2.50 bits per heavy atom. The van der Waals surface area contributed by atoms with Gasteiger partial charge < -0.3 is 5.11 Å². The Bertz CT molecular complexity index is 504. The third kappa shape index (κ3) is 2.54. The van der Waals surface area contributed by atoms with Crippen LogP contribution in [-0.2, 0) is 25.9 Å². The Labute approximate surface area is 92.2 Å². The Balaban J connectivity index is 3.18. The fraction of sp³-hybridized carbons (Fsp3) is 0.714. The van der Waals surface area contributed by atoms with Crippen LogP contribution in [0.3, 0.4) is 0 Å². The van der Waals surface area contributed by atoms with E-state index in [1.54, 1.807) is 0 Å². The highest BCUT2D eigenvalue weighted by molar-refractivity contribution is 7.89. The summed E-state index contributed by atoms with van der Waals surface area (Å²) in [4.78, 5) is 11.0. The van der Waals surface area contributed by atoms with E-state index in [-0.39, 0.29) is 5.82 Å². The molecule has 0 atom stereocenters. The van der Waals surface area contributed by atoms with Crippen molar-refractivity contribution in [1.29, 1.82) is 0 Å². The van der Waals surface area contributed by atoms with E-state index in [1.165, 1.54) is 13.8 Å². The monoisotopic (exact) mass is 248 g/mol. The van der Waals surface area contributed by atoms with Gasteiger partial charge in [0.15, 0.2) is 21.2 Å². The number of carboxylic acid groups (broad SMARTS) is 1. The van der Waals surface area contributed by atoms with Crippen LogP contribution in [0.2, 0.25) is 0 Å². The summed E-state index contributed by atoms with van der Waals surface area (Å²) in [6.07, 6.45) is 1.03. The van der Waals surface area contributed by atoms with Crippen molar-refractivity contribution in [3.05, 3.63) is 5.82 Å². The molecule has 1 rings (SSSR count). The van der Waals surface area contributed by atoms with Gasteiger partial charge in [0.2, 0.25) is 0 Å². The van der Waals surface area contributed by atoms with Gasteiger partial charge in [-0.05, 0) is 24.3 Å². The second-order valence-electron chi connectivity index (χ2n) is 3.94. The first kappa shape index (κ1) is 12.6. The maximum Gasteiger partial charge on any atom is 0.331 e. The van der Waals surface area contributed by atoms with Gasteiger partial charge in [-0.3, -0.25) is 0 Å². The summed E-state index contributed by atoms with van der Waals surface area (Å²) in [7, 11) is -3.31. The SMILES string of the molecule is CC(C)(C(=O)O)n1nnnc1CS(C)(=O)=O. The summed E-state index contributed by atoms with van der Waals surface area (Å²) < 4.78 is 23.2. The molecule has 0 saturated carbocycles. The van der Waals surface area contributed by atoms with Crippen LogP contribution in [0, 0.1) is 0 Å². The van der Waals surface area contributed by atoms with Gasteiger partial charge in [-0.25, -0.2) is 17.9 Å². The van der Waals surface area contributed by atoms with Crippen molar-refractivity contribution in [3.63, 3.8) is 0 Å². The Morgan fingerprint density at radius 1 is 1.50 bits per heavy atom. The standard InChI is InChI=1S/C7H12N4O4S/c1-7(2,6(12)13)11-5(8-9-10-11)4-16(3,14)15/h4H2,1-3H3,(H,12,13). The lowest BCUT2D eigenvalue weighted by atomic mass is 10.1. The van der Waals surface area contributed by atoms with E-state index in [0.29, 0.717) is 0 Å². The van der Waals surface area contributed by atoms with E-state index in [4.69, 9.17) is 5.11 Å². The van der Waals surface area contributed by atoms with Crippen molar-refractivity contribution in [2.45, 2.75) is 25.1 Å². The molecule has 1 aromatic rings. The van der Waals surface area contributed by atoms with Crippen molar-refractivity contribution in [2.75, 3.05) is 6.26 Å². The number of aliphatic carboxylic acids is 1. The Hall–Kier alpha value is -1.51. The van der Waals surface area contributed by atoms with Crippen LogP contribution in [0.15, 0.2) is 0 Å². The van der Waals surface area contributed by atoms with Gasteiger partial charge in [0.05, 0.1) is 0 Å². The molecule has 0 bridgehead atoms. The molecule has 0 aliphatic carbocycles. The predicted molar refractivity (Wildman–Crippen MR) is 53.3 cm³/mol. The summed E-state index contributed by atoms with van der Waals surface area (Å²) in [6.45, 7) is 2.77. The molecule has 0 aromatic carbocycles. The number of sulfone groups is 1. The zero-order valence-corrected chi connectivity index (χ0v) is 9.89.